The number of β-amino-alcohol motifs (C(OH)–C–C–N with tert-alkyl or cyclic N) is 2. The molecule has 2 rings (SSSR count). The van der Waals surface area contributed by atoms with Gasteiger partial charge in [-0.3, -0.25) is 0 Å². The first-order valence-corrected chi connectivity index (χ1v) is 6.86. The summed E-state index contributed by atoms with van der Waals surface area (Å²) in [5.74, 6) is -0.438. The molecule has 0 aromatic rings. The maximum atomic E-state index is 9.19. The Morgan fingerprint density at radius 3 is 1.25 bits per heavy atom. The molecule has 1 unspecified atom stereocenters. The van der Waals surface area contributed by atoms with E-state index in [9.17, 15) is 10.2 Å². The maximum absolute atomic E-state index is 9.19. The Balaban J connectivity index is 0.000000200. The molecule has 0 bridgehead atoms. The highest BCUT2D eigenvalue weighted by atomic mass is 16.3. The third-order valence-electron chi connectivity index (χ3n) is 3.74. The smallest absolute Gasteiger partial charge is 0.0927 e. The van der Waals surface area contributed by atoms with Crippen LogP contribution >= 0.6 is 0 Å². The molecule has 2 fully saturated rings. The second-order valence-corrected chi connectivity index (χ2v) is 5.32. The van der Waals surface area contributed by atoms with E-state index < -0.39 is 24.4 Å². The minimum absolute atomic E-state index is 0.0781. The molecule has 0 spiro atoms. The monoisotopic (exact) mass is 294 g/mol. The molecular weight excluding hydrogens is 268 g/mol. The summed E-state index contributed by atoms with van der Waals surface area (Å²) >= 11 is 0. The fourth-order valence-electron chi connectivity index (χ4n) is 2.29. The van der Waals surface area contributed by atoms with Crippen molar-refractivity contribution in [2.45, 2.75) is 24.4 Å². The molecule has 20 heavy (non-hydrogen) atoms. The molecule has 2 heterocycles. The van der Waals surface area contributed by atoms with Gasteiger partial charge >= 0.3 is 0 Å². The number of aliphatic hydroxyl groups is 6. The van der Waals surface area contributed by atoms with Crippen LogP contribution in [0.4, 0.5) is 0 Å². The van der Waals surface area contributed by atoms with Crippen LogP contribution in [0.5, 0.6) is 0 Å². The van der Waals surface area contributed by atoms with Crippen molar-refractivity contribution in [2.75, 3.05) is 39.4 Å². The van der Waals surface area contributed by atoms with Crippen molar-refractivity contribution in [3.05, 3.63) is 0 Å². The van der Waals surface area contributed by atoms with Gasteiger partial charge in [0.1, 0.15) is 0 Å². The Bertz CT molecular complexity index is 244. The molecule has 8 N–H and O–H groups in total. The normalized spacial score (nSPS) is 41.7. The largest absolute Gasteiger partial charge is 0.396 e. The number of rotatable bonds is 2. The summed E-state index contributed by atoms with van der Waals surface area (Å²) in [7, 11) is 0. The Morgan fingerprint density at radius 1 is 0.650 bits per heavy atom. The zero-order valence-electron chi connectivity index (χ0n) is 11.4. The lowest BCUT2D eigenvalue weighted by Crippen LogP contribution is -2.51. The predicted molar refractivity (Wildman–Crippen MR) is 70.9 cm³/mol. The van der Waals surface area contributed by atoms with Gasteiger partial charge in [-0.05, 0) is 0 Å². The van der Waals surface area contributed by atoms with Crippen LogP contribution in [-0.2, 0) is 0 Å². The minimum Gasteiger partial charge on any atom is -0.396 e. The lowest BCUT2D eigenvalue weighted by atomic mass is 9.95. The fraction of sp³-hybridized carbons (Fsp3) is 1.00. The third-order valence-corrected chi connectivity index (χ3v) is 3.74. The summed E-state index contributed by atoms with van der Waals surface area (Å²) in [5, 5.41) is 59.6. The van der Waals surface area contributed by atoms with Gasteiger partial charge in [-0.2, -0.15) is 0 Å². The van der Waals surface area contributed by atoms with Gasteiger partial charge in [0.2, 0.25) is 0 Å². The van der Waals surface area contributed by atoms with Gasteiger partial charge in [-0.1, -0.05) is 0 Å². The van der Waals surface area contributed by atoms with E-state index in [2.05, 4.69) is 10.6 Å². The lowest BCUT2D eigenvalue weighted by Gasteiger charge is -2.30. The first-order valence-electron chi connectivity index (χ1n) is 6.86. The molecule has 0 amide bonds. The highest BCUT2D eigenvalue weighted by molar-refractivity contribution is 4.84. The predicted octanol–water partition coefficient (Wildman–Crippen LogP) is -4.16. The summed E-state index contributed by atoms with van der Waals surface area (Å²) in [6.07, 6.45) is -3.01. The molecular formula is C12H26N2O6. The number of hydrogen-bond acceptors (Lipinski definition) is 8. The Kier molecular flexibility index (Phi) is 7.85. The fourth-order valence-corrected chi connectivity index (χ4v) is 2.29. The molecule has 2 saturated heterocycles. The van der Waals surface area contributed by atoms with E-state index in [0.717, 1.165) is 0 Å². The molecule has 0 aromatic heterocycles. The van der Waals surface area contributed by atoms with Crippen molar-refractivity contribution in [1.82, 2.24) is 10.6 Å². The van der Waals surface area contributed by atoms with Gasteiger partial charge in [0.05, 0.1) is 24.4 Å². The van der Waals surface area contributed by atoms with Crippen LogP contribution in [0.2, 0.25) is 0 Å². The van der Waals surface area contributed by atoms with Crippen molar-refractivity contribution in [3.63, 3.8) is 0 Å². The number of piperidine rings is 2. The summed E-state index contributed by atoms with van der Waals surface area (Å²) in [6.45, 7) is 1.83. The quantitative estimate of drug-likeness (QED) is 0.256. The molecule has 6 atom stereocenters. The minimum atomic E-state index is -0.772. The summed E-state index contributed by atoms with van der Waals surface area (Å²) < 4.78 is 0. The highest BCUT2D eigenvalue weighted by Gasteiger charge is 2.30. The summed E-state index contributed by atoms with van der Waals surface area (Å²) in [6, 6.07) is 0. The zero-order valence-corrected chi connectivity index (χ0v) is 11.4. The van der Waals surface area contributed by atoms with E-state index >= 15 is 0 Å². The zero-order chi connectivity index (χ0) is 15.1. The standard InChI is InChI=1S/2C6H13NO3/c2*8-3-4-1-7-2-5(9)6(4)10/h2*4-10H,1-3H2/t4?,5-,6-;4-,5-,6-/m11/s1. The van der Waals surface area contributed by atoms with Crippen molar-refractivity contribution in [3.8, 4) is 0 Å². The third kappa shape index (κ3) is 4.90. The molecule has 8 nitrogen and oxygen atoms in total. The molecule has 2 aliphatic heterocycles. The number of aliphatic hydroxyl groups excluding tert-OH is 6. The van der Waals surface area contributed by atoms with Gasteiger partial charge in [0, 0.05) is 51.2 Å². The molecule has 120 valence electrons. The van der Waals surface area contributed by atoms with E-state index in [1.165, 1.54) is 0 Å². The first-order chi connectivity index (χ1) is 9.51. The average Bonchev–Trinajstić information content (AvgIpc) is 2.45. The Morgan fingerprint density at radius 2 is 1.00 bits per heavy atom. The maximum Gasteiger partial charge on any atom is 0.0927 e. The van der Waals surface area contributed by atoms with Gasteiger partial charge in [0.25, 0.3) is 0 Å². The van der Waals surface area contributed by atoms with E-state index in [0.29, 0.717) is 26.2 Å². The van der Waals surface area contributed by atoms with E-state index in [1.54, 1.807) is 0 Å². The van der Waals surface area contributed by atoms with Crippen molar-refractivity contribution in [2.24, 2.45) is 11.8 Å². The summed E-state index contributed by atoms with van der Waals surface area (Å²) in [4.78, 5) is 0. The van der Waals surface area contributed by atoms with Gasteiger partial charge in [-0.15, -0.1) is 0 Å². The molecule has 0 radical (unpaired) electrons. The molecule has 8 heteroatoms. The van der Waals surface area contributed by atoms with Crippen molar-refractivity contribution < 1.29 is 30.6 Å². The van der Waals surface area contributed by atoms with E-state index in [4.69, 9.17) is 20.4 Å². The van der Waals surface area contributed by atoms with Gasteiger partial charge in [0.15, 0.2) is 0 Å². The topological polar surface area (TPSA) is 145 Å². The second kappa shape index (κ2) is 8.85. The van der Waals surface area contributed by atoms with E-state index in [1.807, 2.05) is 0 Å². The van der Waals surface area contributed by atoms with Crippen LogP contribution in [0.15, 0.2) is 0 Å². The Hall–Kier alpha value is -0.320. The summed E-state index contributed by atoms with van der Waals surface area (Å²) in [5.41, 5.74) is 0. The van der Waals surface area contributed by atoms with Crippen LogP contribution < -0.4 is 10.6 Å². The van der Waals surface area contributed by atoms with Crippen LogP contribution in [0.3, 0.4) is 0 Å². The highest BCUT2D eigenvalue weighted by Crippen LogP contribution is 2.11. The lowest BCUT2D eigenvalue weighted by molar-refractivity contribution is -0.0491. The van der Waals surface area contributed by atoms with Crippen LogP contribution in [0, 0.1) is 11.8 Å². The second-order valence-electron chi connectivity index (χ2n) is 5.32. The van der Waals surface area contributed by atoms with E-state index in [-0.39, 0.29) is 25.0 Å². The van der Waals surface area contributed by atoms with Crippen LogP contribution in [0.25, 0.3) is 0 Å². The van der Waals surface area contributed by atoms with Gasteiger partial charge in [-0.25, -0.2) is 0 Å². The van der Waals surface area contributed by atoms with Crippen molar-refractivity contribution >= 4 is 0 Å². The molecule has 0 aromatic carbocycles. The van der Waals surface area contributed by atoms with Crippen LogP contribution in [0.1, 0.15) is 0 Å². The number of nitrogens with one attached hydrogen (secondary N) is 2. The van der Waals surface area contributed by atoms with Crippen LogP contribution in [-0.4, -0.2) is 94.4 Å². The van der Waals surface area contributed by atoms with Crippen molar-refractivity contribution in [1.29, 1.82) is 0 Å². The molecule has 0 saturated carbocycles. The number of hydrogen-bond donors (Lipinski definition) is 8. The first kappa shape index (κ1) is 17.7. The molecule has 0 aliphatic carbocycles. The molecule has 2 aliphatic rings. The average molecular weight is 294 g/mol. The van der Waals surface area contributed by atoms with Gasteiger partial charge < -0.3 is 41.3 Å². The SMILES string of the molecule is OCC1CNC[C@@H](O)[C@@H]1O.OC[C@H]1CNC[C@@H](O)[C@@H]1O. The Labute approximate surface area is 118 Å².